The van der Waals surface area contributed by atoms with Crippen molar-refractivity contribution in [2.75, 3.05) is 13.2 Å². The Morgan fingerprint density at radius 1 is 1.41 bits per heavy atom. The van der Waals surface area contributed by atoms with Crippen LogP contribution >= 0.6 is 0 Å². The molecule has 0 atom stereocenters. The van der Waals surface area contributed by atoms with Gasteiger partial charge in [0, 0.05) is 6.54 Å². The number of ether oxygens (including phenoxy) is 1. The van der Waals surface area contributed by atoms with E-state index in [1.54, 1.807) is 13.8 Å². The van der Waals surface area contributed by atoms with Gasteiger partial charge in [0.05, 0.1) is 13.0 Å². The lowest BCUT2D eigenvalue weighted by Crippen LogP contribution is -2.40. The molecule has 0 aromatic carbocycles. The van der Waals surface area contributed by atoms with Crippen molar-refractivity contribution in [1.82, 2.24) is 10.2 Å². The summed E-state index contributed by atoms with van der Waals surface area (Å²) < 4.78 is 4.86. The van der Waals surface area contributed by atoms with E-state index in [-0.39, 0.29) is 18.9 Å². The Morgan fingerprint density at radius 3 is 2.53 bits per heavy atom. The zero-order valence-corrected chi connectivity index (χ0v) is 10.4. The highest BCUT2D eigenvalue weighted by Gasteiger charge is 2.44. The van der Waals surface area contributed by atoms with Crippen molar-refractivity contribution in [2.45, 2.75) is 39.2 Å². The molecule has 6 heteroatoms. The number of hydrogen-bond donors (Lipinski definition) is 1. The molecular formula is C11H18N2O4. The maximum Gasteiger partial charge on any atom is 0.325 e. The van der Waals surface area contributed by atoms with Gasteiger partial charge in [-0.2, -0.15) is 0 Å². The molecule has 1 aliphatic heterocycles. The Bertz CT molecular complexity index is 338. The van der Waals surface area contributed by atoms with Crippen LogP contribution in [-0.2, 0) is 14.3 Å². The van der Waals surface area contributed by atoms with Gasteiger partial charge in [0.1, 0.15) is 5.54 Å². The summed E-state index contributed by atoms with van der Waals surface area (Å²) in [4.78, 5) is 35.5. The topological polar surface area (TPSA) is 75.7 Å². The number of rotatable bonds is 5. The second kappa shape index (κ2) is 5.16. The quantitative estimate of drug-likeness (QED) is 0.567. The number of carbonyl (C=O) groups is 3. The molecule has 1 fully saturated rings. The van der Waals surface area contributed by atoms with E-state index in [0.29, 0.717) is 6.61 Å². The molecule has 0 aromatic rings. The number of imide groups is 1. The molecule has 1 N–H and O–H groups in total. The van der Waals surface area contributed by atoms with Crippen molar-refractivity contribution in [2.24, 2.45) is 0 Å². The fourth-order valence-corrected chi connectivity index (χ4v) is 1.51. The highest BCUT2D eigenvalue weighted by molar-refractivity contribution is 6.06. The Hall–Kier alpha value is -1.59. The van der Waals surface area contributed by atoms with Crippen molar-refractivity contribution in [3.8, 4) is 0 Å². The molecule has 17 heavy (non-hydrogen) atoms. The lowest BCUT2D eigenvalue weighted by molar-refractivity contribution is -0.144. The summed E-state index contributed by atoms with van der Waals surface area (Å²) in [6.45, 7) is 5.58. The summed E-state index contributed by atoms with van der Waals surface area (Å²) in [5.41, 5.74) is -0.885. The average Bonchev–Trinajstić information content (AvgIpc) is 2.43. The molecule has 1 rings (SSSR count). The first-order valence-electron chi connectivity index (χ1n) is 5.68. The predicted octanol–water partition coefficient (Wildman–Crippen LogP) is 0.660. The van der Waals surface area contributed by atoms with E-state index < -0.39 is 17.5 Å². The Balaban J connectivity index is 2.45. The normalized spacial score (nSPS) is 18.2. The van der Waals surface area contributed by atoms with Gasteiger partial charge in [0.2, 0.25) is 0 Å². The first kappa shape index (κ1) is 13.5. The molecule has 6 nitrogen and oxygen atoms in total. The van der Waals surface area contributed by atoms with Gasteiger partial charge < -0.3 is 10.1 Å². The summed E-state index contributed by atoms with van der Waals surface area (Å²) in [6, 6.07) is -0.455. The molecule has 0 unspecified atom stereocenters. The van der Waals surface area contributed by atoms with Gasteiger partial charge in [-0.15, -0.1) is 0 Å². The standard InChI is InChI=1S/C11H18N2O4/c1-4-7-17-8(14)5-6-13-9(15)11(2,3)12-10(13)16/h4-7H2,1-3H3,(H,12,16). The van der Waals surface area contributed by atoms with E-state index in [4.69, 9.17) is 4.74 Å². The second-order valence-electron chi connectivity index (χ2n) is 4.48. The van der Waals surface area contributed by atoms with Gasteiger partial charge in [-0.1, -0.05) is 6.92 Å². The summed E-state index contributed by atoms with van der Waals surface area (Å²) in [6.07, 6.45) is 0.789. The number of nitrogens with one attached hydrogen (secondary N) is 1. The molecule has 0 radical (unpaired) electrons. The van der Waals surface area contributed by atoms with Crippen molar-refractivity contribution in [1.29, 1.82) is 0 Å². The number of urea groups is 1. The molecule has 0 aromatic heterocycles. The van der Waals surface area contributed by atoms with Crippen LogP contribution in [0.3, 0.4) is 0 Å². The van der Waals surface area contributed by atoms with E-state index in [1.807, 2.05) is 6.92 Å². The first-order valence-corrected chi connectivity index (χ1v) is 5.68. The Morgan fingerprint density at radius 2 is 2.06 bits per heavy atom. The zero-order valence-electron chi connectivity index (χ0n) is 10.4. The second-order valence-corrected chi connectivity index (χ2v) is 4.48. The fraction of sp³-hybridized carbons (Fsp3) is 0.727. The smallest absolute Gasteiger partial charge is 0.325 e. The van der Waals surface area contributed by atoms with Crippen LogP contribution in [0, 0.1) is 0 Å². The number of carbonyl (C=O) groups excluding carboxylic acids is 3. The molecule has 1 saturated heterocycles. The molecule has 96 valence electrons. The zero-order chi connectivity index (χ0) is 13.1. The van der Waals surface area contributed by atoms with Gasteiger partial charge in [-0.25, -0.2) is 4.79 Å². The monoisotopic (exact) mass is 242 g/mol. The number of nitrogens with zero attached hydrogens (tertiary/aromatic N) is 1. The Kier molecular flexibility index (Phi) is 4.09. The lowest BCUT2D eigenvalue weighted by atomic mass is 10.1. The molecule has 0 aliphatic carbocycles. The molecule has 0 spiro atoms. The lowest BCUT2D eigenvalue weighted by Gasteiger charge is -2.15. The minimum atomic E-state index is -0.885. The van der Waals surface area contributed by atoms with Crippen molar-refractivity contribution in [3.05, 3.63) is 0 Å². The van der Waals surface area contributed by atoms with Gasteiger partial charge in [0.25, 0.3) is 5.91 Å². The van der Waals surface area contributed by atoms with Crippen LogP contribution in [0.4, 0.5) is 4.79 Å². The van der Waals surface area contributed by atoms with E-state index >= 15 is 0 Å². The van der Waals surface area contributed by atoms with E-state index in [0.717, 1.165) is 11.3 Å². The molecule has 0 saturated carbocycles. The summed E-state index contributed by atoms with van der Waals surface area (Å²) >= 11 is 0. The van der Waals surface area contributed by atoms with Crippen LogP contribution in [0.5, 0.6) is 0 Å². The van der Waals surface area contributed by atoms with Crippen molar-refractivity contribution >= 4 is 17.9 Å². The highest BCUT2D eigenvalue weighted by Crippen LogP contribution is 2.16. The minimum absolute atomic E-state index is 0.0369. The van der Waals surface area contributed by atoms with Crippen molar-refractivity contribution < 1.29 is 19.1 Å². The predicted molar refractivity (Wildman–Crippen MR) is 60.2 cm³/mol. The van der Waals surface area contributed by atoms with Crippen LogP contribution in [0.15, 0.2) is 0 Å². The van der Waals surface area contributed by atoms with Crippen LogP contribution in [-0.4, -0.2) is 41.5 Å². The molecule has 0 bridgehead atoms. The summed E-state index contributed by atoms with van der Waals surface area (Å²) in [5.74, 6) is -0.706. The third-order valence-corrected chi connectivity index (χ3v) is 2.45. The van der Waals surface area contributed by atoms with E-state index in [1.165, 1.54) is 0 Å². The number of hydrogen-bond acceptors (Lipinski definition) is 4. The van der Waals surface area contributed by atoms with Crippen LogP contribution in [0.1, 0.15) is 33.6 Å². The number of amides is 3. The van der Waals surface area contributed by atoms with Gasteiger partial charge in [-0.3, -0.25) is 14.5 Å². The fourth-order valence-electron chi connectivity index (χ4n) is 1.51. The summed E-state index contributed by atoms with van der Waals surface area (Å²) in [5, 5.41) is 2.55. The molecule has 1 aliphatic rings. The minimum Gasteiger partial charge on any atom is -0.466 e. The van der Waals surface area contributed by atoms with Gasteiger partial charge in [-0.05, 0) is 20.3 Å². The van der Waals surface area contributed by atoms with Crippen LogP contribution in [0.2, 0.25) is 0 Å². The van der Waals surface area contributed by atoms with Crippen LogP contribution in [0.25, 0.3) is 0 Å². The third kappa shape index (κ3) is 3.18. The Labute approximate surface area is 100 Å². The van der Waals surface area contributed by atoms with Crippen LogP contribution < -0.4 is 5.32 Å². The highest BCUT2D eigenvalue weighted by atomic mass is 16.5. The number of esters is 1. The first-order chi connectivity index (χ1) is 7.88. The largest absolute Gasteiger partial charge is 0.466 e. The molecule has 1 heterocycles. The van der Waals surface area contributed by atoms with E-state index in [9.17, 15) is 14.4 Å². The average molecular weight is 242 g/mol. The maximum atomic E-state index is 11.8. The van der Waals surface area contributed by atoms with Gasteiger partial charge in [0.15, 0.2) is 0 Å². The maximum absolute atomic E-state index is 11.8. The third-order valence-electron chi connectivity index (χ3n) is 2.45. The SMILES string of the molecule is CCCOC(=O)CCN1C(=O)NC(C)(C)C1=O. The molecular weight excluding hydrogens is 224 g/mol. The van der Waals surface area contributed by atoms with Gasteiger partial charge >= 0.3 is 12.0 Å². The molecule has 3 amide bonds. The van der Waals surface area contributed by atoms with E-state index in [2.05, 4.69) is 5.32 Å². The summed E-state index contributed by atoms with van der Waals surface area (Å²) in [7, 11) is 0. The van der Waals surface area contributed by atoms with Crippen molar-refractivity contribution in [3.63, 3.8) is 0 Å².